The second-order valence-electron chi connectivity index (χ2n) is 11.4. The van der Waals surface area contributed by atoms with Crippen molar-refractivity contribution in [3.63, 3.8) is 0 Å². The van der Waals surface area contributed by atoms with E-state index in [2.05, 4.69) is 30.9 Å². The number of likely N-dealkylation sites (tertiary alicyclic amines) is 1. The van der Waals surface area contributed by atoms with Crippen molar-refractivity contribution in [3.8, 4) is 0 Å². The SMILES string of the molecule is CC(CCCN1CC[C@H](F)C1)[C@H]1CC[C@H]2/C(=C/C=C3C[C@@H](O)C[C@H](O)C3)CCC[C@]12C. The Bertz CT molecular complexity index is 664. The summed E-state index contributed by atoms with van der Waals surface area (Å²) >= 11 is 0. The molecule has 1 heterocycles. The number of hydrogen-bond donors (Lipinski definition) is 2. The van der Waals surface area contributed by atoms with Crippen LogP contribution < -0.4 is 0 Å². The number of alkyl halides is 1. The summed E-state index contributed by atoms with van der Waals surface area (Å²) in [6.07, 6.45) is 14.8. The molecular weight excluding hydrogens is 389 g/mol. The first-order chi connectivity index (χ1) is 14.8. The Morgan fingerprint density at radius 1 is 1.16 bits per heavy atom. The predicted molar refractivity (Wildman–Crippen MR) is 125 cm³/mol. The summed E-state index contributed by atoms with van der Waals surface area (Å²) in [7, 11) is 0. The van der Waals surface area contributed by atoms with Gasteiger partial charge >= 0.3 is 0 Å². The fourth-order valence-corrected chi connectivity index (χ4v) is 7.57. The molecule has 3 saturated carbocycles. The summed E-state index contributed by atoms with van der Waals surface area (Å²) in [6.45, 7) is 7.67. The van der Waals surface area contributed by atoms with Crippen LogP contribution in [-0.2, 0) is 0 Å². The quantitative estimate of drug-likeness (QED) is 0.588. The van der Waals surface area contributed by atoms with Gasteiger partial charge in [-0.1, -0.05) is 37.1 Å². The van der Waals surface area contributed by atoms with Gasteiger partial charge in [0.2, 0.25) is 0 Å². The molecule has 0 aromatic carbocycles. The number of aliphatic hydroxyl groups is 2. The highest BCUT2D eigenvalue weighted by atomic mass is 19.1. The molecule has 176 valence electrons. The Balaban J connectivity index is 1.35. The van der Waals surface area contributed by atoms with Gasteiger partial charge in [-0.2, -0.15) is 0 Å². The van der Waals surface area contributed by atoms with Crippen molar-refractivity contribution in [2.75, 3.05) is 19.6 Å². The van der Waals surface area contributed by atoms with E-state index in [-0.39, 0.29) is 0 Å². The molecule has 3 nitrogen and oxygen atoms in total. The molecule has 0 spiro atoms. The lowest BCUT2D eigenvalue weighted by Gasteiger charge is -2.44. The van der Waals surface area contributed by atoms with Gasteiger partial charge in [-0.15, -0.1) is 0 Å². The zero-order valence-electron chi connectivity index (χ0n) is 19.7. The molecule has 1 saturated heterocycles. The van der Waals surface area contributed by atoms with Crippen LogP contribution in [0.1, 0.15) is 84.5 Å². The molecule has 0 radical (unpaired) electrons. The minimum Gasteiger partial charge on any atom is -0.393 e. The standard InChI is InChI=1S/C27H44FNO2/c1-19(5-4-13-29-14-11-22(28)18-29)25-9-10-26-21(6-3-12-27(25,26)2)8-7-20-15-23(30)17-24(31)16-20/h7-8,19,22-26,30-31H,3-6,9-18H2,1-2H3/b21-8+/t19?,22-,23+,24+,25+,26-,27+/m0/s1. The van der Waals surface area contributed by atoms with Gasteiger partial charge < -0.3 is 15.1 Å². The Hall–Kier alpha value is -0.710. The summed E-state index contributed by atoms with van der Waals surface area (Å²) in [5, 5.41) is 20.0. The highest BCUT2D eigenvalue weighted by molar-refractivity contribution is 5.26. The van der Waals surface area contributed by atoms with Gasteiger partial charge in [0.1, 0.15) is 6.17 Å². The Morgan fingerprint density at radius 3 is 2.65 bits per heavy atom. The third-order valence-corrected chi connectivity index (χ3v) is 9.15. The van der Waals surface area contributed by atoms with Crippen molar-refractivity contribution in [2.24, 2.45) is 23.2 Å². The Labute approximate surface area is 188 Å². The lowest BCUT2D eigenvalue weighted by Crippen LogP contribution is -2.36. The third kappa shape index (κ3) is 5.45. The second kappa shape index (κ2) is 10.1. The maximum atomic E-state index is 13.4. The van der Waals surface area contributed by atoms with Gasteiger partial charge in [0.05, 0.1) is 12.2 Å². The van der Waals surface area contributed by atoms with E-state index in [0.29, 0.717) is 37.1 Å². The zero-order valence-corrected chi connectivity index (χ0v) is 19.7. The molecule has 1 unspecified atom stereocenters. The monoisotopic (exact) mass is 433 g/mol. The van der Waals surface area contributed by atoms with E-state index in [1.807, 2.05) is 0 Å². The number of aliphatic hydroxyl groups excluding tert-OH is 2. The first kappa shape index (κ1) is 23.4. The normalized spacial score (nSPS) is 41.5. The summed E-state index contributed by atoms with van der Waals surface area (Å²) in [6, 6.07) is 0. The Kier molecular flexibility index (Phi) is 7.60. The largest absolute Gasteiger partial charge is 0.393 e. The van der Waals surface area contributed by atoms with Crippen molar-refractivity contribution in [1.29, 1.82) is 0 Å². The fraction of sp³-hybridized carbons (Fsp3) is 0.852. The van der Waals surface area contributed by atoms with Crippen molar-refractivity contribution in [2.45, 2.75) is 103 Å². The highest BCUT2D eigenvalue weighted by Crippen LogP contribution is 2.59. The van der Waals surface area contributed by atoms with E-state index < -0.39 is 18.4 Å². The van der Waals surface area contributed by atoms with Crippen molar-refractivity contribution in [1.82, 2.24) is 4.90 Å². The Morgan fingerprint density at radius 2 is 1.94 bits per heavy atom. The van der Waals surface area contributed by atoms with Crippen LogP contribution in [0, 0.1) is 23.2 Å². The molecule has 31 heavy (non-hydrogen) atoms. The highest BCUT2D eigenvalue weighted by Gasteiger charge is 2.50. The number of fused-ring (bicyclic) bond motifs is 1. The van der Waals surface area contributed by atoms with Crippen LogP contribution in [-0.4, -0.2) is 53.1 Å². The zero-order chi connectivity index (χ0) is 22.0. The van der Waals surface area contributed by atoms with E-state index in [9.17, 15) is 14.6 Å². The number of rotatable bonds is 6. The number of hydrogen-bond acceptors (Lipinski definition) is 3. The number of nitrogens with zero attached hydrogens (tertiary/aromatic N) is 1. The maximum absolute atomic E-state index is 13.4. The van der Waals surface area contributed by atoms with Gasteiger partial charge in [0, 0.05) is 13.1 Å². The van der Waals surface area contributed by atoms with E-state index >= 15 is 0 Å². The summed E-state index contributed by atoms with van der Waals surface area (Å²) in [5.41, 5.74) is 3.22. The third-order valence-electron chi connectivity index (χ3n) is 9.15. The van der Waals surface area contributed by atoms with E-state index in [1.165, 1.54) is 50.5 Å². The first-order valence-electron chi connectivity index (χ1n) is 13.0. The van der Waals surface area contributed by atoms with Crippen LogP contribution in [0.5, 0.6) is 0 Å². The van der Waals surface area contributed by atoms with Gasteiger partial charge in [-0.05, 0) is 100 Å². The van der Waals surface area contributed by atoms with E-state index in [1.54, 1.807) is 5.57 Å². The van der Waals surface area contributed by atoms with Crippen molar-refractivity contribution < 1.29 is 14.6 Å². The molecule has 1 aliphatic heterocycles. The molecule has 0 bridgehead atoms. The molecule has 0 amide bonds. The van der Waals surface area contributed by atoms with Crippen molar-refractivity contribution >= 4 is 0 Å². The smallest absolute Gasteiger partial charge is 0.114 e. The van der Waals surface area contributed by atoms with Crippen LogP contribution in [0.3, 0.4) is 0 Å². The van der Waals surface area contributed by atoms with Gasteiger partial charge in [0.25, 0.3) is 0 Å². The molecule has 3 aliphatic carbocycles. The average Bonchev–Trinajstić information content (AvgIpc) is 3.28. The lowest BCUT2D eigenvalue weighted by molar-refractivity contribution is 0.0609. The molecule has 4 rings (SSSR count). The average molecular weight is 434 g/mol. The van der Waals surface area contributed by atoms with Gasteiger partial charge in [-0.25, -0.2) is 4.39 Å². The topological polar surface area (TPSA) is 43.7 Å². The summed E-state index contributed by atoms with van der Waals surface area (Å²) < 4.78 is 13.4. The number of allylic oxidation sites excluding steroid dienone is 3. The maximum Gasteiger partial charge on any atom is 0.114 e. The second-order valence-corrected chi connectivity index (χ2v) is 11.4. The van der Waals surface area contributed by atoms with Crippen LogP contribution in [0.4, 0.5) is 4.39 Å². The van der Waals surface area contributed by atoms with E-state index in [0.717, 1.165) is 31.3 Å². The van der Waals surface area contributed by atoms with Crippen molar-refractivity contribution in [3.05, 3.63) is 23.3 Å². The lowest BCUT2D eigenvalue weighted by atomic mass is 9.60. The van der Waals surface area contributed by atoms with E-state index in [4.69, 9.17) is 0 Å². The summed E-state index contributed by atoms with van der Waals surface area (Å²) in [4.78, 5) is 2.31. The number of halogens is 1. The molecule has 4 heteroatoms. The predicted octanol–water partition coefficient (Wildman–Crippen LogP) is 5.42. The summed E-state index contributed by atoms with van der Waals surface area (Å²) in [5.74, 6) is 2.22. The first-order valence-corrected chi connectivity index (χ1v) is 13.0. The molecule has 0 aromatic rings. The molecule has 0 aromatic heterocycles. The molecule has 4 aliphatic rings. The molecule has 7 atom stereocenters. The molecular formula is C27H44FNO2. The minimum atomic E-state index is -0.602. The van der Waals surface area contributed by atoms with Gasteiger partial charge in [-0.3, -0.25) is 0 Å². The van der Waals surface area contributed by atoms with Crippen LogP contribution in [0.25, 0.3) is 0 Å². The van der Waals surface area contributed by atoms with Crippen LogP contribution in [0.2, 0.25) is 0 Å². The molecule has 4 fully saturated rings. The van der Waals surface area contributed by atoms with Gasteiger partial charge in [0.15, 0.2) is 0 Å². The minimum absolute atomic E-state index is 0.391. The fourth-order valence-electron chi connectivity index (χ4n) is 7.57. The van der Waals surface area contributed by atoms with Crippen LogP contribution in [0.15, 0.2) is 23.3 Å². The molecule has 2 N–H and O–H groups in total. The van der Waals surface area contributed by atoms with Crippen LogP contribution >= 0.6 is 0 Å².